The van der Waals surface area contributed by atoms with E-state index in [1.807, 2.05) is 12.1 Å². The fourth-order valence-electron chi connectivity index (χ4n) is 3.07. The van der Waals surface area contributed by atoms with Crippen LogP contribution < -0.4 is 15.8 Å². The second-order valence-corrected chi connectivity index (χ2v) is 6.11. The highest BCUT2D eigenvalue weighted by Gasteiger charge is 2.23. The number of hydrogen-bond donors (Lipinski definition) is 3. The first kappa shape index (κ1) is 16.3. The van der Waals surface area contributed by atoms with Gasteiger partial charge < -0.3 is 20.9 Å². The molecule has 0 spiro atoms. The Bertz CT molecular complexity index is 767. The molecule has 1 fully saturated rings. The summed E-state index contributed by atoms with van der Waals surface area (Å²) in [4.78, 5) is 23.7. The molecule has 0 aromatic heterocycles. The van der Waals surface area contributed by atoms with Crippen molar-refractivity contribution in [3.05, 3.63) is 42.0 Å². The van der Waals surface area contributed by atoms with Gasteiger partial charge in [-0.25, -0.2) is 9.59 Å². The molecule has 2 aromatic rings. The van der Waals surface area contributed by atoms with E-state index in [0.717, 1.165) is 31.1 Å². The molecule has 1 aliphatic rings. The van der Waals surface area contributed by atoms with Crippen molar-refractivity contribution in [1.82, 2.24) is 5.32 Å². The topological polar surface area (TPSA) is 102 Å². The van der Waals surface area contributed by atoms with Crippen LogP contribution >= 0.6 is 0 Å². The van der Waals surface area contributed by atoms with E-state index in [9.17, 15) is 14.7 Å². The van der Waals surface area contributed by atoms with Crippen LogP contribution in [0.3, 0.4) is 0 Å². The third kappa shape index (κ3) is 3.49. The standard InChI is InChI=1S/C18H20N2O4/c19-12-6-8-13(9-7-12)20-18(23)24-16-14-4-2-1-3-11(14)5-10-15(16)17(21)22/h1-5,10,12-13H,6-9,19H2,(H,20,23)(H,21,22). The van der Waals surface area contributed by atoms with E-state index in [0.29, 0.717) is 5.39 Å². The van der Waals surface area contributed by atoms with Gasteiger partial charge in [0.25, 0.3) is 0 Å². The van der Waals surface area contributed by atoms with E-state index in [1.165, 1.54) is 6.07 Å². The van der Waals surface area contributed by atoms with Gasteiger partial charge in [0.15, 0.2) is 5.75 Å². The molecule has 0 unspecified atom stereocenters. The number of carboxylic acids is 1. The highest BCUT2D eigenvalue weighted by atomic mass is 16.6. The molecule has 24 heavy (non-hydrogen) atoms. The first-order valence-corrected chi connectivity index (χ1v) is 8.03. The largest absolute Gasteiger partial charge is 0.478 e. The average molecular weight is 328 g/mol. The number of nitrogens with one attached hydrogen (secondary N) is 1. The Kier molecular flexibility index (Phi) is 4.66. The van der Waals surface area contributed by atoms with Gasteiger partial charge in [-0.3, -0.25) is 0 Å². The van der Waals surface area contributed by atoms with E-state index in [2.05, 4.69) is 5.32 Å². The highest BCUT2D eigenvalue weighted by molar-refractivity contribution is 6.01. The summed E-state index contributed by atoms with van der Waals surface area (Å²) in [5.74, 6) is -1.06. The third-order valence-corrected chi connectivity index (χ3v) is 4.40. The first-order valence-electron chi connectivity index (χ1n) is 8.03. The number of hydrogen-bond acceptors (Lipinski definition) is 4. The van der Waals surface area contributed by atoms with Gasteiger partial charge in [-0.1, -0.05) is 30.3 Å². The summed E-state index contributed by atoms with van der Waals surface area (Å²) in [5.41, 5.74) is 5.82. The maximum absolute atomic E-state index is 12.2. The monoisotopic (exact) mass is 328 g/mol. The first-order chi connectivity index (χ1) is 11.5. The maximum atomic E-state index is 12.2. The molecular weight excluding hydrogens is 308 g/mol. The number of rotatable bonds is 3. The quantitative estimate of drug-likeness (QED) is 0.804. The van der Waals surface area contributed by atoms with Crippen molar-refractivity contribution in [2.24, 2.45) is 5.73 Å². The molecule has 4 N–H and O–H groups in total. The lowest BCUT2D eigenvalue weighted by Crippen LogP contribution is -2.41. The molecule has 3 rings (SSSR count). The van der Waals surface area contributed by atoms with Gasteiger partial charge in [-0.15, -0.1) is 0 Å². The molecule has 0 bridgehead atoms. The molecular formula is C18H20N2O4. The molecule has 1 aliphatic carbocycles. The maximum Gasteiger partial charge on any atom is 0.412 e. The summed E-state index contributed by atoms with van der Waals surface area (Å²) in [6, 6.07) is 10.6. The summed E-state index contributed by atoms with van der Waals surface area (Å²) in [6.07, 6.45) is 2.70. The number of fused-ring (bicyclic) bond motifs is 1. The number of nitrogens with two attached hydrogens (primary N) is 1. The number of carboxylic acid groups (broad SMARTS) is 1. The molecule has 0 radical (unpaired) electrons. The lowest BCUT2D eigenvalue weighted by molar-refractivity contribution is 0.0694. The Morgan fingerprint density at radius 3 is 2.50 bits per heavy atom. The van der Waals surface area contributed by atoms with Crippen molar-refractivity contribution in [2.45, 2.75) is 37.8 Å². The summed E-state index contributed by atoms with van der Waals surface area (Å²) >= 11 is 0. The number of aromatic carboxylic acids is 1. The van der Waals surface area contributed by atoms with E-state index < -0.39 is 12.1 Å². The van der Waals surface area contributed by atoms with Crippen molar-refractivity contribution >= 4 is 22.8 Å². The summed E-state index contributed by atoms with van der Waals surface area (Å²) < 4.78 is 5.39. The molecule has 6 heteroatoms. The minimum atomic E-state index is -1.13. The number of carbonyl (C=O) groups is 2. The van der Waals surface area contributed by atoms with E-state index in [4.69, 9.17) is 10.5 Å². The van der Waals surface area contributed by atoms with Crippen molar-refractivity contribution in [1.29, 1.82) is 0 Å². The second-order valence-electron chi connectivity index (χ2n) is 6.11. The average Bonchev–Trinajstić information content (AvgIpc) is 2.57. The normalized spacial score (nSPS) is 20.5. The second kappa shape index (κ2) is 6.88. The van der Waals surface area contributed by atoms with Crippen LogP contribution in [0.4, 0.5) is 4.79 Å². The zero-order valence-corrected chi connectivity index (χ0v) is 13.2. The van der Waals surface area contributed by atoms with Crippen LogP contribution in [-0.4, -0.2) is 29.3 Å². The minimum Gasteiger partial charge on any atom is -0.478 e. The predicted octanol–water partition coefficient (Wildman–Crippen LogP) is 2.90. The molecule has 1 amide bonds. The van der Waals surface area contributed by atoms with Gasteiger partial charge in [0.2, 0.25) is 0 Å². The third-order valence-electron chi connectivity index (χ3n) is 4.40. The van der Waals surface area contributed by atoms with Crippen LogP contribution in [0.2, 0.25) is 0 Å². The van der Waals surface area contributed by atoms with Crippen molar-refractivity contribution in [3.63, 3.8) is 0 Å². The number of ether oxygens (including phenoxy) is 1. The van der Waals surface area contributed by atoms with E-state index in [1.54, 1.807) is 18.2 Å². The van der Waals surface area contributed by atoms with Crippen LogP contribution in [-0.2, 0) is 0 Å². The van der Waals surface area contributed by atoms with Gasteiger partial charge >= 0.3 is 12.1 Å². The predicted molar refractivity (Wildman–Crippen MR) is 90.3 cm³/mol. The van der Waals surface area contributed by atoms with Crippen LogP contribution in [0.5, 0.6) is 5.75 Å². The Hall–Kier alpha value is -2.60. The zero-order chi connectivity index (χ0) is 17.1. The van der Waals surface area contributed by atoms with Crippen molar-refractivity contribution in [2.75, 3.05) is 0 Å². The molecule has 0 heterocycles. The van der Waals surface area contributed by atoms with Gasteiger partial charge in [0.1, 0.15) is 5.56 Å². The Morgan fingerprint density at radius 1 is 1.08 bits per heavy atom. The molecule has 126 valence electrons. The zero-order valence-electron chi connectivity index (χ0n) is 13.2. The summed E-state index contributed by atoms with van der Waals surface area (Å²) in [5, 5.41) is 13.6. The molecule has 6 nitrogen and oxygen atoms in total. The molecule has 0 aliphatic heterocycles. The van der Waals surface area contributed by atoms with E-state index in [-0.39, 0.29) is 23.4 Å². The van der Waals surface area contributed by atoms with Crippen molar-refractivity contribution < 1.29 is 19.4 Å². The number of benzene rings is 2. The molecule has 2 aromatic carbocycles. The molecule has 1 saturated carbocycles. The van der Waals surface area contributed by atoms with Gasteiger partial charge in [-0.05, 0) is 37.1 Å². The SMILES string of the molecule is NC1CCC(NC(=O)Oc2c(C(=O)O)ccc3ccccc23)CC1. The van der Waals surface area contributed by atoms with Crippen LogP contribution in [0, 0.1) is 0 Å². The summed E-state index contributed by atoms with van der Waals surface area (Å²) in [6.45, 7) is 0. The number of amides is 1. The van der Waals surface area contributed by atoms with Crippen molar-refractivity contribution in [3.8, 4) is 5.75 Å². The van der Waals surface area contributed by atoms with Crippen LogP contribution in [0.25, 0.3) is 10.8 Å². The molecule has 0 saturated heterocycles. The van der Waals surface area contributed by atoms with Gasteiger partial charge in [0, 0.05) is 17.5 Å². The number of carbonyl (C=O) groups excluding carboxylic acids is 1. The Labute approximate surface area is 139 Å². The van der Waals surface area contributed by atoms with Crippen LogP contribution in [0.15, 0.2) is 36.4 Å². The Balaban J connectivity index is 1.81. The Morgan fingerprint density at radius 2 is 1.79 bits per heavy atom. The lowest BCUT2D eigenvalue weighted by atomic mass is 9.92. The highest BCUT2D eigenvalue weighted by Crippen LogP contribution is 2.30. The summed E-state index contributed by atoms with van der Waals surface area (Å²) in [7, 11) is 0. The van der Waals surface area contributed by atoms with Crippen LogP contribution in [0.1, 0.15) is 36.0 Å². The minimum absolute atomic E-state index is 0.0144. The fourth-order valence-corrected chi connectivity index (χ4v) is 3.07. The lowest BCUT2D eigenvalue weighted by Gasteiger charge is -2.26. The van der Waals surface area contributed by atoms with Gasteiger partial charge in [-0.2, -0.15) is 0 Å². The smallest absolute Gasteiger partial charge is 0.412 e. The van der Waals surface area contributed by atoms with Gasteiger partial charge in [0.05, 0.1) is 0 Å². The van der Waals surface area contributed by atoms with E-state index >= 15 is 0 Å². The molecule has 0 atom stereocenters. The fraction of sp³-hybridized carbons (Fsp3) is 0.333.